The number of halogens is 2. The molecule has 162 valence electrons. The molecule has 0 radical (unpaired) electrons. The summed E-state index contributed by atoms with van der Waals surface area (Å²) < 4.78 is 13.5. The molecule has 1 N–H and O–H groups in total. The highest BCUT2D eigenvalue weighted by Crippen LogP contribution is 2.35. The first-order chi connectivity index (χ1) is 15.3. The monoisotopic (exact) mass is 448 g/mol. The van der Waals surface area contributed by atoms with Gasteiger partial charge in [-0.2, -0.15) is 0 Å². The number of hydrogen-bond donors (Lipinski definition) is 1. The molecule has 0 saturated heterocycles. The van der Waals surface area contributed by atoms with Crippen LogP contribution in [0, 0.1) is 12.7 Å². The van der Waals surface area contributed by atoms with Gasteiger partial charge in [0.25, 0.3) is 11.8 Å². The van der Waals surface area contributed by atoms with Crippen molar-refractivity contribution in [2.45, 2.75) is 26.7 Å². The van der Waals surface area contributed by atoms with Gasteiger partial charge in [-0.3, -0.25) is 9.59 Å². The van der Waals surface area contributed by atoms with Crippen LogP contribution in [0.1, 0.15) is 36.5 Å². The number of nitrogens with one attached hydrogen (secondary N) is 1. The normalized spacial score (nSPS) is 14.0. The molecule has 32 heavy (non-hydrogen) atoms. The maximum Gasteiger partial charge on any atom is 0.282 e. The summed E-state index contributed by atoms with van der Waals surface area (Å²) in [6.07, 6.45) is 0. The van der Waals surface area contributed by atoms with Crippen LogP contribution in [0.25, 0.3) is 5.57 Å². The van der Waals surface area contributed by atoms with Crippen molar-refractivity contribution in [2.24, 2.45) is 0 Å². The average Bonchev–Trinajstić information content (AvgIpc) is 3.01. The fraction of sp³-hybridized carbons (Fsp3) is 0.154. The molecule has 0 aromatic heterocycles. The fourth-order valence-corrected chi connectivity index (χ4v) is 3.77. The number of amides is 2. The first-order valence-corrected chi connectivity index (χ1v) is 10.7. The highest BCUT2D eigenvalue weighted by molar-refractivity contribution is 6.46. The molecule has 3 aromatic rings. The lowest BCUT2D eigenvalue weighted by Gasteiger charge is -2.16. The number of carbonyl (C=O) groups is 2. The van der Waals surface area contributed by atoms with E-state index in [0.29, 0.717) is 27.9 Å². The van der Waals surface area contributed by atoms with Crippen LogP contribution < -0.4 is 10.2 Å². The molecular formula is C26H22ClFN2O2. The summed E-state index contributed by atoms with van der Waals surface area (Å²) in [5.74, 6) is -1.06. The third-order valence-electron chi connectivity index (χ3n) is 5.48. The van der Waals surface area contributed by atoms with Crippen molar-refractivity contribution in [3.8, 4) is 0 Å². The van der Waals surface area contributed by atoms with E-state index in [2.05, 4.69) is 19.2 Å². The Labute approximate surface area is 191 Å². The lowest BCUT2D eigenvalue weighted by Crippen LogP contribution is -2.32. The SMILES string of the molecule is Cc1ccc(NC2=C(c3ccc(F)cc3)C(=O)N(c3ccc(C(C)C)cc3)C2=O)cc1Cl. The molecule has 0 bridgehead atoms. The van der Waals surface area contributed by atoms with Crippen molar-refractivity contribution in [1.82, 2.24) is 0 Å². The number of imide groups is 1. The average molecular weight is 449 g/mol. The molecule has 0 atom stereocenters. The highest BCUT2D eigenvalue weighted by Gasteiger charge is 2.40. The molecule has 0 unspecified atom stereocenters. The Bertz CT molecular complexity index is 1230. The third-order valence-corrected chi connectivity index (χ3v) is 5.88. The summed E-state index contributed by atoms with van der Waals surface area (Å²) in [4.78, 5) is 28.0. The third kappa shape index (κ3) is 4.04. The molecule has 2 amide bonds. The van der Waals surface area contributed by atoms with Crippen LogP contribution in [-0.2, 0) is 9.59 Å². The molecule has 6 heteroatoms. The highest BCUT2D eigenvalue weighted by atomic mass is 35.5. The second-order valence-electron chi connectivity index (χ2n) is 8.04. The number of aryl methyl sites for hydroxylation is 1. The van der Waals surface area contributed by atoms with E-state index in [9.17, 15) is 14.0 Å². The van der Waals surface area contributed by atoms with Gasteiger partial charge in [-0.15, -0.1) is 0 Å². The minimum absolute atomic E-state index is 0.120. The van der Waals surface area contributed by atoms with Crippen molar-refractivity contribution in [3.05, 3.63) is 100.0 Å². The molecule has 4 rings (SSSR count). The predicted molar refractivity (Wildman–Crippen MR) is 126 cm³/mol. The predicted octanol–water partition coefficient (Wildman–Crippen LogP) is 6.31. The second kappa shape index (κ2) is 8.60. The molecule has 0 spiro atoms. The van der Waals surface area contributed by atoms with Gasteiger partial charge in [-0.25, -0.2) is 9.29 Å². The van der Waals surface area contributed by atoms with Gasteiger partial charge in [-0.05, 0) is 65.9 Å². The minimum Gasteiger partial charge on any atom is -0.350 e. The quantitative estimate of drug-likeness (QED) is 0.465. The van der Waals surface area contributed by atoms with E-state index in [4.69, 9.17) is 11.6 Å². The zero-order valence-corrected chi connectivity index (χ0v) is 18.7. The van der Waals surface area contributed by atoms with Gasteiger partial charge >= 0.3 is 0 Å². The van der Waals surface area contributed by atoms with Crippen molar-refractivity contribution < 1.29 is 14.0 Å². The van der Waals surface area contributed by atoms with Gasteiger partial charge in [0.1, 0.15) is 11.5 Å². The van der Waals surface area contributed by atoms with Crippen LogP contribution in [0.15, 0.2) is 72.4 Å². The van der Waals surface area contributed by atoms with E-state index in [-0.39, 0.29) is 11.3 Å². The maximum atomic E-state index is 13.5. The Morgan fingerprint density at radius 3 is 2.16 bits per heavy atom. The van der Waals surface area contributed by atoms with E-state index >= 15 is 0 Å². The first-order valence-electron chi connectivity index (χ1n) is 10.3. The van der Waals surface area contributed by atoms with Crippen LogP contribution in [0.3, 0.4) is 0 Å². The Balaban J connectivity index is 1.79. The van der Waals surface area contributed by atoms with Gasteiger partial charge in [-0.1, -0.05) is 55.8 Å². The van der Waals surface area contributed by atoms with E-state index in [1.807, 2.05) is 25.1 Å². The topological polar surface area (TPSA) is 49.4 Å². The lowest BCUT2D eigenvalue weighted by atomic mass is 10.0. The summed E-state index contributed by atoms with van der Waals surface area (Å²) in [6.45, 7) is 6.02. The number of anilines is 2. The van der Waals surface area contributed by atoms with Crippen LogP contribution >= 0.6 is 11.6 Å². The van der Waals surface area contributed by atoms with E-state index in [0.717, 1.165) is 16.0 Å². The molecule has 0 saturated carbocycles. The molecule has 3 aromatic carbocycles. The second-order valence-corrected chi connectivity index (χ2v) is 8.45. The Hall–Kier alpha value is -3.44. The van der Waals surface area contributed by atoms with Crippen molar-refractivity contribution >= 4 is 40.4 Å². The Morgan fingerprint density at radius 2 is 1.56 bits per heavy atom. The fourth-order valence-electron chi connectivity index (χ4n) is 3.59. The Kier molecular flexibility index (Phi) is 5.85. The molecule has 0 aliphatic carbocycles. The standard InChI is InChI=1S/C26H22ClFN2O2/c1-15(2)17-7-12-21(13-8-17)30-25(31)23(18-5-9-19(28)10-6-18)24(26(30)32)29-20-11-4-16(3)22(27)14-20/h4-15,29H,1-3H3. The molecule has 1 aliphatic heterocycles. The van der Waals surface area contributed by atoms with E-state index < -0.39 is 17.6 Å². The molecule has 4 nitrogen and oxygen atoms in total. The van der Waals surface area contributed by atoms with Gasteiger partial charge in [0.05, 0.1) is 11.3 Å². The minimum atomic E-state index is -0.483. The number of hydrogen-bond acceptors (Lipinski definition) is 3. The van der Waals surface area contributed by atoms with Crippen LogP contribution in [0.4, 0.5) is 15.8 Å². The largest absolute Gasteiger partial charge is 0.350 e. The van der Waals surface area contributed by atoms with Crippen molar-refractivity contribution in [2.75, 3.05) is 10.2 Å². The number of nitrogens with zero attached hydrogens (tertiary/aromatic N) is 1. The smallest absolute Gasteiger partial charge is 0.282 e. The Morgan fingerprint density at radius 1 is 0.906 bits per heavy atom. The van der Waals surface area contributed by atoms with Crippen molar-refractivity contribution in [1.29, 1.82) is 0 Å². The lowest BCUT2D eigenvalue weighted by molar-refractivity contribution is -0.120. The summed E-state index contributed by atoms with van der Waals surface area (Å²) in [6, 6.07) is 18.2. The summed E-state index contributed by atoms with van der Waals surface area (Å²) >= 11 is 6.24. The zero-order chi connectivity index (χ0) is 23.0. The van der Waals surface area contributed by atoms with Gasteiger partial charge in [0.2, 0.25) is 0 Å². The van der Waals surface area contributed by atoms with Gasteiger partial charge in [0, 0.05) is 10.7 Å². The summed E-state index contributed by atoms with van der Waals surface area (Å²) in [7, 11) is 0. The van der Waals surface area contributed by atoms with Gasteiger partial charge in [0.15, 0.2) is 0 Å². The molecule has 0 fully saturated rings. The van der Waals surface area contributed by atoms with Gasteiger partial charge < -0.3 is 5.32 Å². The number of rotatable bonds is 5. The number of benzene rings is 3. The molecular weight excluding hydrogens is 427 g/mol. The molecule has 1 heterocycles. The van der Waals surface area contributed by atoms with Crippen LogP contribution in [0.5, 0.6) is 0 Å². The van der Waals surface area contributed by atoms with E-state index in [1.54, 1.807) is 24.3 Å². The summed E-state index contributed by atoms with van der Waals surface area (Å²) in [5, 5.41) is 3.61. The van der Waals surface area contributed by atoms with Crippen LogP contribution in [-0.4, -0.2) is 11.8 Å². The van der Waals surface area contributed by atoms with Crippen molar-refractivity contribution in [3.63, 3.8) is 0 Å². The van der Waals surface area contributed by atoms with E-state index in [1.165, 1.54) is 24.3 Å². The molecule has 1 aliphatic rings. The maximum absolute atomic E-state index is 13.5. The first kappa shape index (κ1) is 21.8. The number of carbonyl (C=O) groups excluding carboxylic acids is 2. The zero-order valence-electron chi connectivity index (χ0n) is 17.9. The van der Waals surface area contributed by atoms with Crippen LogP contribution in [0.2, 0.25) is 5.02 Å². The summed E-state index contributed by atoms with van der Waals surface area (Å²) in [5.41, 5.74) is 3.80.